The van der Waals surface area contributed by atoms with Gasteiger partial charge in [-0.3, -0.25) is 4.79 Å². The highest BCUT2D eigenvalue weighted by Gasteiger charge is 2.18. The SMILES string of the molecule is CN(Cc1ccco1)C(=O)c1cccnc1Sc1ccc(Br)cc1. The van der Waals surface area contributed by atoms with Crippen LogP contribution in [0.1, 0.15) is 16.1 Å². The van der Waals surface area contributed by atoms with Gasteiger partial charge in [0.1, 0.15) is 10.8 Å². The normalized spacial score (nSPS) is 10.6. The molecule has 3 aromatic rings. The van der Waals surface area contributed by atoms with E-state index in [1.54, 1.807) is 36.5 Å². The van der Waals surface area contributed by atoms with Crippen LogP contribution in [0.5, 0.6) is 0 Å². The van der Waals surface area contributed by atoms with Crippen molar-refractivity contribution in [1.29, 1.82) is 0 Å². The minimum absolute atomic E-state index is 0.0842. The van der Waals surface area contributed by atoms with Crippen LogP contribution in [-0.2, 0) is 6.54 Å². The van der Waals surface area contributed by atoms with Gasteiger partial charge in [0.15, 0.2) is 0 Å². The van der Waals surface area contributed by atoms with Gasteiger partial charge in [-0.2, -0.15) is 0 Å². The fourth-order valence-electron chi connectivity index (χ4n) is 2.16. The number of furan rings is 1. The highest BCUT2D eigenvalue weighted by molar-refractivity contribution is 9.10. The first kappa shape index (κ1) is 16.8. The van der Waals surface area contributed by atoms with Crippen LogP contribution in [0.2, 0.25) is 0 Å². The Morgan fingerprint density at radius 1 is 1.21 bits per heavy atom. The van der Waals surface area contributed by atoms with E-state index in [0.29, 0.717) is 17.1 Å². The van der Waals surface area contributed by atoms with Crippen LogP contribution in [0.15, 0.2) is 79.8 Å². The molecule has 122 valence electrons. The van der Waals surface area contributed by atoms with Crippen LogP contribution in [0.4, 0.5) is 0 Å². The predicted molar refractivity (Wildman–Crippen MR) is 97.0 cm³/mol. The zero-order valence-electron chi connectivity index (χ0n) is 13.0. The Labute approximate surface area is 153 Å². The Morgan fingerprint density at radius 2 is 2.00 bits per heavy atom. The molecule has 0 atom stereocenters. The highest BCUT2D eigenvalue weighted by atomic mass is 79.9. The third kappa shape index (κ3) is 4.07. The molecule has 4 nitrogen and oxygen atoms in total. The Kier molecular flexibility index (Phi) is 5.37. The number of carbonyl (C=O) groups is 1. The number of benzene rings is 1. The van der Waals surface area contributed by atoms with E-state index in [0.717, 1.165) is 15.1 Å². The van der Waals surface area contributed by atoms with Crippen molar-refractivity contribution in [3.8, 4) is 0 Å². The quantitative estimate of drug-likeness (QED) is 0.611. The summed E-state index contributed by atoms with van der Waals surface area (Å²) in [5.74, 6) is 0.663. The van der Waals surface area contributed by atoms with Crippen LogP contribution in [0.3, 0.4) is 0 Å². The third-order valence-corrected chi connectivity index (χ3v) is 4.90. The van der Waals surface area contributed by atoms with Crippen molar-refractivity contribution in [3.05, 3.63) is 76.8 Å². The van der Waals surface area contributed by atoms with Gasteiger partial charge in [0.05, 0.1) is 18.4 Å². The second-order valence-corrected chi connectivity index (χ2v) is 7.13. The molecule has 0 fully saturated rings. The van der Waals surface area contributed by atoms with Gasteiger partial charge < -0.3 is 9.32 Å². The van der Waals surface area contributed by atoms with Crippen LogP contribution >= 0.6 is 27.7 Å². The molecule has 3 rings (SSSR count). The molecule has 24 heavy (non-hydrogen) atoms. The summed E-state index contributed by atoms with van der Waals surface area (Å²) in [6, 6.07) is 15.2. The molecule has 0 aliphatic rings. The Morgan fingerprint density at radius 3 is 2.71 bits per heavy atom. The van der Waals surface area contributed by atoms with Crippen molar-refractivity contribution in [2.24, 2.45) is 0 Å². The molecule has 2 aromatic heterocycles. The monoisotopic (exact) mass is 402 g/mol. The fraction of sp³-hybridized carbons (Fsp3) is 0.111. The molecule has 6 heteroatoms. The largest absolute Gasteiger partial charge is 0.467 e. The van der Waals surface area contributed by atoms with Crippen molar-refractivity contribution >= 4 is 33.6 Å². The number of halogens is 1. The molecule has 0 bridgehead atoms. The number of nitrogens with zero attached hydrogens (tertiary/aromatic N) is 2. The van der Waals surface area contributed by atoms with Crippen molar-refractivity contribution in [2.75, 3.05) is 7.05 Å². The number of pyridine rings is 1. The fourth-order valence-corrected chi connectivity index (χ4v) is 3.30. The number of hydrogen-bond acceptors (Lipinski definition) is 4. The van der Waals surface area contributed by atoms with E-state index in [1.807, 2.05) is 36.4 Å². The molecular formula is C18H15BrN2O2S. The first-order valence-corrected chi connectivity index (χ1v) is 8.91. The maximum Gasteiger partial charge on any atom is 0.256 e. The first-order chi connectivity index (χ1) is 11.6. The molecule has 0 aliphatic carbocycles. The number of hydrogen-bond donors (Lipinski definition) is 0. The summed E-state index contributed by atoms with van der Waals surface area (Å²) in [6.45, 7) is 0.420. The van der Waals surface area contributed by atoms with E-state index < -0.39 is 0 Å². The molecule has 0 saturated heterocycles. The molecule has 0 saturated carbocycles. The molecule has 1 amide bonds. The van der Waals surface area contributed by atoms with Crippen molar-refractivity contribution in [1.82, 2.24) is 9.88 Å². The first-order valence-electron chi connectivity index (χ1n) is 7.30. The lowest BCUT2D eigenvalue weighted by Crippen LogP contribution is -2.26. The van der Waals surface area contributed by atoms with E-state index in [2.05, 4.69) is 20.9 Å². The van der Waals surface area contributed by atoms with Crippen LogP contribution in [0.25, 0.3) is 0 Å². The summed E-state index contributed by atoms with van der Waals surface area (Å²) < 4.78 is 6.32. The van der Waals surface area contributed by atoms with E-state index in [-0.39, 0.29) is 5.91 Å². The lowest BCUT2D eigenvalue weighted by molar-refractivity contribution is 0.0771. The molecule has 0 unspecified atom stereocenters. The topological polar surface area (TPSA) is 46.3 Å². The average Bonchev–Trinajstić information content (AvgIpc) is 3.10. The lowest BCUT2D eigenvalue weighted by Gasteiger charge is -2.17. The Balaban J connectivity index is 1.80. The minimum atomic E-state index is -0.0842. The zero-order valence-corrected chi connectivity index (χ0v) is 15.4. The number of aromatic nitrogens is 1. The van der Waals surface area contributed by atoms with Crippen molar-refractivity contribution in [2.45, 2.75) is 16.5 Å². The third-order valence-electron chi connectivity index (χ3n) is 3.35. The predicted octanol–water partition coefficient (Wildman–Crippen LogP) is 4.86. The van der Waals surface area contributed by atoms with Crippen LogP contribution in [0, 0.1) is 0 Å². The molecular weight excluding hydrogens is 388 g/mol. The zero-order chi connectivity index (χ0) is 16.9. The molecule has 0 spiro atoms. The number of rotatable bonds is 5. The second kappa shape index (κ2) is 7.68. The van der Waals surface area contributed by atoms with E-state index >= 15 is 0 Å². The molecule has 1 aromatic carbocycles. The van der Waals surface area contributed by atoms with Gasteiger partial charge in [-0.05, 0) is 48.5 Å². The van der Waals surface area contributed by atoms with Gasteiger partial charge in [0, 0.05) is 22.6 Å². The van der Waals surface area contributed by atoms with Gasteiger partial charge >= 0.3 is 0 Å². The van der Waals surface area contributed by atoms with Gasteiger partial charge in [0.25, 0.3) is 5.91 Å². The minimum Gasteiger partial charge on any atom is -0.467 e. The standard InChI is InChI=1S/C18H15BrN2O2S/c1-21(12-14-4-3-11-23-14)18(22)16-5-2-10-20-17(16)24-15-8-6-13(19)7-9-15/h2-11H,12H2,1H3. The summed E-state index contributed by atoms with van der Waals surface area (Å²) in [4.78, 5) is 19.8. The molecule has 0 aliphatic heterocycles. The van der Waals surface area contributed by atoms with Crippen LogP contribution in [-0.4, -0.2) is 22.8 Å². The summed E-state index contributed by atoms with van der Waals surface area (Å²) in [5.41, 5.74) is 0.583. The summed E-state index contributed by atoms with van der Waals surface area (Å²) in [5, 5.41) is 0.691. The van der Waals surface area contributed by atoms with E-state index in [1.165, 1.54) is 11.8 Å². The average molecular weight is 403 g/mol. The highest BCUT2D eigenvalue weighted by Crippen LogP contribution is 2.30. The maximum atomic E-state index is 12.8. The molecule has 0 radical (unpaired) electrons. The van der Waals surface area contributed by atoms with Crippen LogP contribution < -0.4 is 0 Å². The van der Waals surface area contributed by atoms with Crippen molar-refractivity contribution in [3.63, 3.8) is 0 Å². The summed E-state index contributed by atoms with van der Waals surface area (Å²) >= 11 is 4.90. The van der Waals surface area contributed by atoms with E-state index in [4.69, 9.17) is 4.42 Å². The Hall–Kier alpha value is -2.05. The molecule has 2 heterocycles. The van der Waals surface area contributed by atoms with Gasteiger partial charge in [0.2, 0.25) is 0 Å². The Bertz CT molecular complexity index is 819. The smallest absolute Gasteiger partial charge is 0.256 e. The maximum absolute atomic E-state index is 12.8. The number of amides is 1. The summed E-state index contributed by atoms with van der Waals surface area (Å²) in [7, 11) is 1.76. The van der Waals surface area contributed by atoms with Gasteiger partial charge in [-0.15, -0.1) is 0 Å². The van der Waals surface area contributed by atoms with E-state index in [9.17, 15) is 4.79 Å². The second-order valence-electron chi connectivity index (χ2n) is 5.15. The number of carbonyl (C=O) groups excluding carboxylic acids is 1. The summed E-state index contributed by atoms with van der Waals surface area (Å²) in [6.07, 6.45) is 3.30. The van der Waals surface area contributed by atoms with Gasteiger partial charge in [-0.1, -0.05) is 27.7 Å². The van der Waals surface area contributed by atoms with Crippen molar-refractivity contribution < 1.29 is 9.21 Å². The lowest BCUT2D eigenvalue weighted by atomic mass is 10.2. The van der Waals surface area contributed by atoms with Gasteiger partial charge in [-0.25, -0.2) is 4.98 Å². The molecule has 0 N–H and O–H groups in total.